The zero-order valence-electron chi connectivity index (χ0n) is 16.1. The number of hydrogen-bond acceptors (Lipinski definition) is 2. The lowest BCUT2D eigenvalue weighted by Crippen LogP contribution is -1.96. The van der Waals surface area contributed by atoms with Crippen LogP contribution in [0, 0.1) is 0 Å². The van der Waals surface area contributed by atoms with E-state index in [9.17, 15) is 4.79 Å². The van der Waals surface area contributed by atoms with Gasteiger partial charge in [-0.2, -0.15) is 0 Å². The molecule has 0 aliphatic heterocycles. The summed E-state index contributed by atoms with van der Waals surface area (Å²) < 4.78 is 6.11. The molecular weight excluding hydrogens is 332 g/mol. The number of aldehydes is 1. The number of carbonyl (C=O) groups is 1. The molecular formula is C25H30O2. The molecule has 2 nitrogen and oxygen atoms in total. The molecule has 0 N–H and O–H groups in total. The van der Waals surface area contributed by atoms with Gasteiger partial charge in [0.2, 0.25) is 0 Å². The standard InChI is InChI=1S/C25H30O2/c1-2-3-4-5-6-7-8-14-19-27-25(22-15-10-9-11-16-22)20-23-17-12-13-18-24(23)21-26/h2,9-13,15-18,20-21H,1,3-8,14,19H2. The van der Waals surface area contributed by atoms with Gasteiger partial charge in [-0.15, -0.1) is 6.58 Å². The van der Waals surface area contributed by atoms with E-state index >= 15 is 0 Å². The van der Waals surface area contributed by atoms with Gasteiger partial charge in [-0.05, 0) is 30.9 Å². The van der Waals surface area contributed by atoms with Gasteiger partial charge in [0.05, 0.1) is 6.61 Å². The summed E-state index contributed by atoms with van der Waals surface area (Å²) in [6, 6.07) is 17.7. The first kappa shape index (κ1) is 20.7. The first-order chi connectivity index (χ1) is 13.3. The van der Waals surface area contributed by atoms with Gasteiger partial charge in [-0.3, -0.25) is 4.79 Å². The minimum absolute atomic E-state index is 0.675. The highest BCUT2D eigenvalue weighted by atomic mass is 16.5. The molecule has 142 valence electrons. The van der Waals surface area contributed by atoms with Gasteiger partial charge in [-0.1, -0.05) is 86.4 Å². The van der Waals surface area contributed by atoms with Crippen LogP contribution in [-0.4, -0.2) is 12.9 Å². The highest BCUT2D eigenvalue weighted by molar-refractivity contribution is 5.87. The normalized spacial score (nSPS) is 11.2. The molecule has 0 aromatic heterocycles. The predicted octanol–water partition coefficient (Wildman–Crippen LogP) is 6.93. The summed E-state index contributed by atoms with van der Waals surface area (Å²) in [5.41, 5.74) is 2.59. The topological polar surface area (TPSA) is 26.3 Å². The van der Waals surface area contributed by atoms with E-state index in [0.29, 0.717) is 12.2 Å². The maximum Gasteiger partial charge on any atom is 0.150 e. The number of unbranched alkanes of at least 4 members (excludes halogenated alkanes) is 6. The van der Waals surface area contributed by atoms with E-state index in [1.54, 1.807) is 0 Å². The zero-order chi connectivity index (χ0) is 19.2. The second-order valence-corrected chi connectivity index (χ2v) is 6.67. The number of benzene rings is 2. The molecule has 0 amide bonds. The van der Waals surface area contributed by atoms with E-state index in [1.807, 2.05) is 66.7 Å². The van der Waals surface area contributed by atoms with Crippen molar-refractivity contribution < 1.29 is 9.53 Å². The van der Waals surface area contributed by atoms with E-state index in [0.717, 1.165) is 36.0 Å². The van der Waals surface area contributed by atoms with Crippen molar-refractivity contribution in [2.45, 2.75) is 44.9 Å². The van der Waals surface area contributed by atoms with Crippen molar-refractivity contribution in [2.75, 3.05) is 6.61 Å². The van der Waals surface area contributed by atoms with Gasteiger partial charge < -0.3 is 4.74 Å². The molecule has 0 aliphatic carbocycles. The van der Waals surface area contributed by atoms with Crippen molar-refractivity contribution in [3.63, 3.8) is 0 Å². The Labute approximate surface area is 163 Å². The van der Waals surface area contributed by atoms with E-state index in [2.05, 4.69) is 6.58 Å². The summed E-state index contributed by atoms with van der Waals surface area (Å²) in [7, 11) is 0. The van der Waals surface area contributed by atoms with Crippen LogP contribution in [0.1, 0.15) is 66.4 Å². The Hall–Kier alpha value is -2.61. The molecule has 2 aromatic carbocycles. The lowest BCUT2D eigenvalue weighted by Gasteiger charge is -2.12. The average Bonchev–Trinajstić information content (AvgIpc) is 2.72. The Morgan fingerprint density at radius 1 is 0.815 bits per heavy atom. The Morgan fingerprint density at radius 2 is 1.44 bits per heavy atom. The maximum absolute atomic E-state index is 11.3. The van der Waals surface area contributed by atoms with E-state index in [1.165, 1.54) is 32.1 Å². The quantitative estimate of drug-likeness (QED) is 0.127. The smallest absolute Gasteiger partial charge is 0.150 e. The van der Waals surface area contributed by atoms with Gasteiger partial charge in [0.15, 0.2) is 6.29 Å². The van der Waals surface area contributed by atoms with Crippen molar-refractivity contribution >= 4 is 18.1 Å². The molecule has 0 fully saturated rings. The third-order valence-electron chi connectivity index (χ3n) is 4.53. The van der Waals surface area contributed by atoms with Crippen molar-refractivity contribution in [1.82, 2.24) is 0 Å². The Bertz CT molecular complexity index is 716. The summed E-state index contributed by atoms with van der Waals surface area (Å²) in [6.07, 6.45) is 13.3. The Balaban J connectivity index is 1.92. The monoisotopic (exact) mass is 362 g/mol. The summed E-state index contributed by atoms with van der Waals surface area (Å²) in [5, 5.41) is 0. The fraction of sp³-hybridized carbons (Fsp3) is 0.320. The molecule has 0 bridgehead atoms. The number of hydrogen-bond donors (Lipinski definition) is 0. The maximum atomic E-state index is 11.3. The van der Waals surface area contributed by atoms with Gasteiger partial charge in [-0.25, -0.2) is 0 Å². The molecule has 0 spiro atoms. The van der Waals surface area contributed by atoms with Crippen LogP contribution in [0.15, 0.2) is 67.3 Å². The van der Waals surface area contributed by atoms with Crippen molar-refractivity contribution in [2.24, 2.45) is 0 Å². The van der Waals surface area contributed by atoms with E-state index in [-0.39, 0.29) is 0 Å². The molecule has 27 heavy (non-hydrogen) atoms. The molecule has 0 aliphatic rings. The van der Waals surface area contributed by atoms with Crippen LogP contribution in [0.25, 0.3) is 11.8 Å². The summed E-state index contributed by atoms with van der Waals surface area (Å²) in [4.78, 5) is 11.3. The second-order valence-electron chi connectivity index (χ2n) is 6.67. The van der Waals surface area contributed by atoms with E-state index in [4.69, 9.17) is 4.74 Å². The first-order valence-electron chi connectivity index (χ1n) is 9.90. The molecule has 0 radical (unpaired) electrons. The zero-order valence-corrected chi connectivity index (χ0v) is 16.1. The third kappa shape index (κ3) is 7.65. The highest BCUT2D eigenvalue weighted by Crippen LogP contribution is 2.21. The fourth-order valence-corrected chi connectivity index (χ4v) is 2.98. The average molecular weight is 363 g/mol. The molecule has 2 rings (SSSR count). The van der Waals surface area contributed by atoms with Gasteiger partial charge in [0.1, 0.15) is 5.76 Å². The van der Waals surface area contributed by atoms with Crippen LogP contribution in [0.5, 0.6) is 0 Å². The van der Waals surface area contributed by atoms with Crippen LogP contribution in [0.4, 0.5) is 0 Å². The number of carbonyl (C=O) groups excluding carboxylic acids is 1. The van der Waals surface area contributed by atoms with Crippen LogP contribution < -0.4 is 0 Å². The number of allylic oxidation sites excluding steroid dienone is 1. The van der Waals surface area contributed by atoms with Crippen molar-refractivity contribution in [3.05, 3.63) is 83.9 Å². The summed E-state index contributed by atoms with van der Waals surface area (Å²) in [5.74, 6) is 0.816. The van der Waals surface area contributed by atoms with Crippen LogP contribution in [0.2, 0.25) is 0 Å². The molecule has 2 aromatic rings. The summed E-state index contributed by atoms with van der Waals surface area (Å²) in [6.45, 7) is 4.45. The second kappa shape index (κ2) is 12.7. The predicted molar refractivity (Wildman–Crippen MR) is 115 cm³/mol. The van der Waals surface area contributed by atoms with Crippen LogP contribution >= 0.6 is 0 Å². The molecule has 0 saturated heterocycles. The lowest BCUT2D eigenvalue weighted by molar-refractivity contribution is 0.112. The molecule has 0 saturated carbocycles. The van der Waals surface area contributed by atoms with Crippen LogP contribution in [0.3, 0.4) is 0 Å². The SMILES string of the molecule is C=CCCCCCCCCOC(=Cc1ccccc1C=O)c1ccccc1. The number of rotatable bonds is 13. The van der Waals surface area contributed by atoms with Crippen molar-refractivity contribution in [1.29, 1.82) is 0 Å². The largest absolute Gasteiger partial charge is 0.493 e. The molecule has 0 heterocycles. The van der Waals surface area contributed by atoms with Gasteiger partial charge in [0, 0.05) is 11.1 Å². The third-order valence-corrected chi connectivity index (χ3v) is 4.53. The number of ether oxygens (including phenoxy) is 1. The molecule has 0 atom stereocenters. The van der Waals surface area contributed by atoms with Crippen molar-refractivity contribution in [3.8, 4) is 0 Å². The Kier molecular flexibility index (Phi) is 9.73. The van der Waals surface area contributed by atoms with Crippen LogP contribution in [-0.2, 0) is 4.74 Å². The molecule has 0 unspecified atom stereocenters. The van der Waals surface area contributed by atoms with E-state index < -0.39 is 0 Å². The first-order valence-corrected chi connectivity index (χ1v) is 9.90. The summed E-state index contributed by atoms with van der Waals surface area (Å²) >= 11 is 0. The molecule has 2 heteroatoms. The Morgan fingerprint density at radius 3 is 2.15 bits per heavy atom. The van der Waals surface area contributed by atoms with Gasteiger partial charge in [0.25, 0.3) is 0 Å². The minimum atomic E-state index is 0.675. The fourth-order valence-electron chi connectivity index (χ4n) is 2.98. The minimum Gasteiger partial charge on any atom is -0.493 e. The van der Waals surface area contributed by atoms with Gasteiger partial charge >= 0.3 is 0 Å². The highest BCUT2D eigenvalue weighted by Gasteiger charge is 2.05. The lowest BCUT2D eigenvalue weighted by atomic mass is 10.1.